The fraction of sp³-hybridized carbons (Fsp3) is 0.278. The van der Waals surface area contributed by atoms with Crippen molar-refractivity contribution in [3.05, 3.63) is 42.5 Å². The van der Waals surface area contributed by atoms with E-state index in [4.69, 9.17) is 9.47 Å². The molecule has 1 amide bonds. The molecular formula is C18H21N3O3. The standard InChI is InChI=1S/C18H21N3O3/c1-21(2)15-6-3-13(4-7-15)19-12-18(22)20-14-5-8-16-17(11-14)24-10-9-23-16/h3-8,11,19H,9-10,12H2,1-2H3,(H,20,22). The molecule has 0 radical (unpaired) electrons. The van der Waals surface area contributed by atoms with Crippen molar-refractivity contribution in [1.82, 2.24) is 0 Å². The molecule has 0 fully saturated rings. The Morgan fingerprint density at radius 2 is 1.67 bits per heavy atom. The van der Waals surface area contributed by atoms with Crippen LogP contribution in [0.4, 0.5) is 17.1 Å². The highest BCUT2D eigenvalue weighted by Crippen LogP contribution is 2.32. The Morgan fingerprint density at radius 3 is 2.38 bits per heavy atom. The number of nitrogens with one attached hydrogen (secondary N) is 2. The summed E-state index contributed by atoms with van der Waals surface area (Å²) in [6.07, 6.45) is 0. The number of carbonyl (C=O) groups excluding carboxylic acids is 1. The fourth-order valence-electron chi connectivity index (χ4n) is 2.39. The maximum Gasteiger partial charge on any atom is 0.243 e. The van der Waals surface area contributed by atoms with Crippen molar-refractivity contribution in [2.24, 2.45) is 0 Å². The van der Waals surface area contributed by atoms with Crippen molar-refractivity contribution in [1.29, 1.82) is 0 Å². The Hall–Kier alpha value is -2.89. The number of fused-ring (bicyclic) bond motifs is 1. The van der Waals surface area contributed by atoms with Gasteiger partial charge in [0.2, 0.25) is 5.91 Å². The van der Waals surface area contributed by atoms with Crippen molar-refractivity contribution in [3.8, 4) is 11.5 Å². The summed E-state index contributed by atoms with van der Waals surface area (Å²) in [6.45, 7) is 1.26. The third-order valence-electron chi connectivity index (χ3n) is 3.66. The molecule has 24 heavy (non-hydrogen) atoms. The van der Waals surface area contributed by atoms with Gasteiger partial charge in [-0.2, -0.15) is 0 Å². The average Bonchev–Trinajstić information content (AvgIpc) is 2.60. The van der Waals surface area contributed by atoms with E-state index in [1.165, 1.54) is 0 Å². The summed E-state index contributed by atoms with van der Waals surface area (Å²) in [7, 11) is 3.98. The van der Waals surface area contributed by atoms with E-state index in [-0.39, 0.29) is 12.5 Å². The van der Waals surface area contributed by atoms with Crippen molar-refractivity contribution in [2.45, 2.75) is 0 Å². The summed E-state index contributed by atoms with van der Waals surface area (Å²) in [5.74, 6) is 1.24. The summed E-state index contributed by atoms with van der Waals surface area (Å²) in [5.41, 5.74) is 2.70. The molecule has 2 N–H and O–H groups in total. The molecular weight excluding hydrogens is 306 g/mol. The average molecular weight is 327 g/mol. The second-order valence-electron chi connectivity index (χ2n) is 5.70. The molecule has 0 atom stereocenters. The van der Waals surface area contributed by atoms with Gasteiger partial charge in [0, 0.05) is 37.2 Å². The lowest BCUT2D eigenvalue weighted by Crippen LogP contribution is -2.22. The molecule has 0 saturated carbocycles. The third-order valence-corrected chi connectivity index (χ3v) is 3.66. The first-order chi connectivity index (χ1) is 11.6. The van der Waals surface area contributed by atoms with E-state index in [9.17, 15) is 4.79 Å². The molecule has 126 valence electrons. The van der Waals surface area contributed by atoms with Crippen molar-refractivity contribution >= 4 is 23.0 Å². The molecule has 2 aromatic rings. The fourth-order valence-corrected chi connectivity index (χ4v) is 2.39. The molecule has 0 spiro atoms. The molecule has 0 saturated heterocycles. The van der Waals surface area contributed by atoms with Crippen molar-refractivity contribution in [3.63, 3.8) is 0 Å². The summed E-state index contributed by atoms with van der Waals surface area (Å²) in [4.78, 5) is 14.1. The number of hydrogen-bond donors (Lipinski definition) is 2. The van der Waals surface area contributed by atoms with Crippen LogP contribution in [-0.2, 0) is 4.79 Å². The summed E-state index contributed by atoms with van der Waals surface area (Å²) < 4.78 is 11.0. The van der Waals surface area contributed by atoms with Crippen LogP contribution >= 0.6 is 0 Å². The molecule has 1 aliphatic heterocycles. The SMILES string of the molecule is CN(C)c1ccc(NCC(=O)Nc2ccc3c(c2)OCCO3)cc1. The van der Waals surface area contributed by atoms with Gasteiger partial charge in [0.25, 0.3) is 0 Å². The van der Waals surface area contributed by atoms with Gasteiger partial charge in [0.05, 0.1) is 6.54 Å². The normalized spacial score (nSPS) is 12.4. The van der Waals surface area contributed by atoms with Gasteiger partial charge in [-0.3, -0.25) is 4.79 Å². The predicted octanol–water partition coefficient (Wildman–Crippen LogP) is 2.57. The number of rotatable bonds is 5. The van der Waals surface area contributed by atoms with Crippen LogP contribution in [0.25, 0.3) is 0 Å². The highest BCUT2D eigenvalue weighted by Gasteiger charge is 2.12. The van der Waals surface area contributed by atoms with E-state index in [1.54, 1.807) is 18.2 Å². The van der Waals surface area contributed by atoms with Crippen LogP contribution in [-0.4, -0.2) is 39.8 Å². The van der Waals surface area contributed by atoms with E-state index in [0.29, 0.717) is 30.4 Å². The first kappa shape index (κ1) is 16.0. The van der Waals surface area contributed by atoms with E-state index >= 15 is 0 Å². The highest BCUT2D eigenvalue weighted by molar-refractivity contribution is 5.94. The van der Waals surface area contributed by atoms with Crippen LogP contribution in [0.15, 0.2) is 42.5 Å². The molecule has 0 aromatic heterocycles. The first-order valence-corrected chi connectivity index (χ1v) is 7.82. The van der Waals surface area contributed by atoms with Crippen LogP contribution in [0.1, 0.15) is 0 Å². The van der Waals surface area contributed by atoms with E-state index < -0.39 is 0 Å². The number of benzene rings is 2. The van der Waals surface area contributed by atoms with Gasteiger partial charge in [-0.25, -0.2) is 0 Å². The monoisotopic (exact) mass is 327 g/mol. The Labute approximate surface area is 141 Å². The summed E-state index contributed by atoms with van der Waals surface area (Å²) in [6, 6.07) is 13.3. The number of nitrogens with zero attached hydrogens (tertiary/aromatic N) is 1. The van der Waals surface area contributed by atoms with Crippen LogP contribution in [0.3, 0.4) is 0 Å². The zero-order valence-electron chi connectivity index (χ0n) is 13.8. The number of ether oxygens (including phenoxy) is 2. The van der Waals surface area contributed by atoms with Crippen molar-refractivity contribution < 1.29 is 14.3 Å². The minimum atomic E-state index is -0.122. The largest absolute Gasteiger partial charge is 0.486 e. The van der Waals surface area contributed by atoms with Gasteiger partial charge in [-0.15, -0.1) is 0 Å². The first-order valence-electron chi connectivity index (χ1n) is 7.82. The Morgan fingerprint density at radius 1 is 1.00 bits per heavy atom. The van der Waals surface area contributed by atoms with Crippen molar-refractivity contribution in [2.75, 3.05) is 49.4 Å². The molecule has 2 aromatic carbocycles. The number of hydrogen-bond acceptors (Lipinski definition) is 5. The third kappa shape index (κ3) is 3.90. The second-order valence-corrected chi connectivity index (χ2v) is 5.70. The summed E-state index contributed by atoms with van der Waals surface area (Å²) >= 11 is 0. The lowest BCUT2D eigenvalue weighted by atomic mass is 10.2. The Balaban J connectivity index is 1.54. The quantitative estimate of drug-likeness (QED) is 0.884. The predicted molar refractivity (Wildman–Crippen MR) is 95.3 cm³/mol. The Kier molecular flexibility index (Phi) is 4.74. The molecule has 0 unspecified atom stereocenters. The number of carbonyl (C=O) groups is 1. The lowest BCUT2D eigenvalue weighted by molar-refractivity contribution is -0.114. The zero-order chi connectivity index (χ0) is 16.9. The molecule has 1 aliphatic rings. The minimum absolute atomic E-state index is 0.122. The van der Waals surface area contributed by atoms with Crippen LogP contribution in [0.5, 0.6) is 11.5 Å². The second kappa shape index (κ2) is 7.12. The van der Waals surface area contributed by atoms with Gasteiger partial charge < -0.3 is 25.0 Å². The summed E-state index contributed by atoms with van der Waals surface area (Å²) in [5, 5.41) is 5.95. The Bertz CT molecular complexity index is 714. The van der Waals surface area contributed by atoms with Gasteiger partial charge in [-0.05, 0) is 36.4 Å². The lowest BCUT2D eigenvalue weighted by Gasteiger charge is -2.19. The molecule has 0 aliphatic carbocycles. The number of amides is 1. The van der Waals surface area contributed by atoms with Crippen LogP contribution in [0, 0.1) is 0 Å². The molecule has 0 bridgehead atoms. The molecule has 6 nitrogen and oxygen atoms in total. The van der Waals surface area contributed by atoms with E-state index in [2.05, 4.69) is 10.6 Å². The number of anilines is 3. The van der Waals surface area contributed by atoms with E-state index in [1.807, 2.05) is 43.3 Å². The maximum absolute atomic E-state index is 12.1. The topological polar surface area (TPSA) is 62.8 Å². The van der Waals surface area contributed by atoms with E-state index in [0.717, 1.165) is 11.4 Å². The van der Waals surface area contributed by atoms with Crippen LogP contribution in [0.2, 0.25) is 0 Å². The van der Waals surface area contributed by atoms with Gasteiger partial charge >= 0.3 is 0 Å². The molecule has 1 heterocycles. The van der Waals surface area contributed by atoms with Gasteiger partial charge in [-0.1, -0.05) is 0 Å². The highest BCUT2D eigenvalue weighted by atomic mass is 16.6. The minimum Gasteiger partial charge on any atom is -0.486 e. The zero-order valence-corrected chi connectivity index (χ0v) is 13.8. The van der Waals surface area contributed by atoms with Gasteiger partial charge in [0.15, 0.2) is 11.5 Å². The smallest absolute Gasteiger partial charge is 0.243 e. The molecule has 3 rings (SSSR count). The van der Waals surface area contributed by atoms with Gasteiger partial charge in [0.1, 0.15) is 13.2 Å². The van der Waals surface area contributed by atoms with Crippen LogP contribution < -0.4 is 25.0 Å². The molecule has 6 heteroatoms. The maximum atomic E-state index is 12.1.